The summed E-state index contributed by atoms with van der Waals surface area (Å²) in [6.45, 7) is 4.13. The highest BCUT2D eigenvalue weighted by atomic mass is 16.4. The Morgan fingerprint density at radius 3 is 2.25 bits per heavy atom. The minimum atomic E-state index is -0.982. The van der Waals surface area contributed by atoms with Crippen LogP contribution in [0.15, 0.2) is 48.5 Å². The van der Waals surface area contributed by atoms with Gasteiger partial charge < -0.3 is 15.7 Å². The van der Waals surface area contributed by atoms with Gasteiger partial charge in [-0.05, 0) is 55.0 Å². The normalized spacial score (nSPS) is 16.4. The van der Waals surface area contributed by atoms with E-state index in [1.807, 2.05) is 12.1 Å². The zero-order chi connectivity index (χ0) is 20.1. The van der Waals surface area contributed by atoms with Gasteiger partial charge in [-0.25, -0.2) is 4.79 Å². The second kappa shape index (κ2) is 8.91. The van der Waals surface area contributed by atoms with Gasteiger partial charge in [0.05, 0.1) is 11.5 Å². The van der Waals surface area contributed by atoms with Crippen molar-refractivity contribution in [2.75, 3.05) is 18.0 Å². The Hall–Kier alpha value is -2.82. The molecule has 2 atom stereocenters. The number of carbonyl (C=O) groups is 2. The summed E-state index contributed by atoms with van der Waals surface area (Å²) in [5.41, 5.74) is 9.12. The number of piperidine rings is 1. The van der Waals surface area contributed by atoms with Gasteiger partial charge in [0, 0.05) is 24.7 Å². The zero-order valence-electron chi connectivity index (χ0n) is 16.3. The Labute approximate surface area is 166 Å². The predicted octanol–water partition coefficient (Wildman–Crippen LogP) is 4.14. The number of carboxylic acids is 1. The van der Waals surface area contributed by atoms with Crippen molar-refractivity contribution < 1.29 is 14.7 Å². The number of para-hydroxylation sites is 1. The van der Waals surface area contributed by atoms with Crippen LogP contribution in [-0.2, 0) is 4.79 Å². The Morgan fingerprint density at radius 1 is 1.04 bits per heavy atom. The third-order valence-corrected chi connectivity index (χ3v) is 5.70. The first-order valence-electron chi connectivity index (χ1n) is 9.99. The molecule has 2 aromatic carbocycles. The molecule has 28 heavy (non-hydrogen) atoms. The summed E-state index contributed by atoms with van der Waals surface area (Å²) in [5, 5.41) is 9.14. The lowest BCUT2D eigenvalue weighted by molar-refractivity contribution is -0.120. The van der Waals surface area contributed by atoms with E-state index in [4.69, 9.17) is 10.8 Å². The third-order valence-electron chi connectivity index (χ3n) is 5.70. The molecule has 2 unspecified atom stereocenters. The predicted molar refractivity (Wildman–Crippen MR) is 111 cm³/mol. The maximum Gasteiger partial charge on any atom is 0.335 e. The number of hydrogen-bond acceptors (Lipinski definition) is 3. The van der Waals surface area contributed by atoms with E-state index >= 15 is 0 Å². The summed E-state index contributed by atoms with van der Waals surface area (Å²) in [6.07, 6.45) is 4.39. The number of benzene rings is 2. The number of hydrogen-bond donors (Lipinski definition) is 2. The molecule has 3 rings (SSSR count). The number of nitrogens with two attached hydrogens (primary N) is 1. The average molecular weight is 380 g/mol. The first-order chi connectivity index (χ1) is 13.5. The maximum atomic E-state index is 12.5. The van der Waals surface area contributed by atoms with E-state index < -0.39 is 11.9 Å². The molecule has 1 aliphatic rings. The van der Waals surface area contributed by atoms with E-state index in [-0.39, 0.29) is 17.4 Å². The number of primary amides is 1. The molecule has 2 aromatic rings. The van der Waals surface area contributed by atoms with Crippen LogP contribution in [0.2, 0.25) is 0 Å². The molecule has 3 N–H and O–H groups in total. The van der Waals surface area contributed by atoms with Gasteiger partial charge in [-0.2, -0.15) is 0 Å². The summed E-state index contributed by atoms with van der Waals surface area (Å²) in [7, 11) is 0. The van der Waals surface area contributed by atoms with Crippen LogP contribution in [0.4, 0.5) is 5.69 Å². The first kappa shape index (κ1) is 19.9. The summed E-state index contributed by atoms with van der Waals surface area (Å²) < 4.78 is 0. The van der Waals surface area contributed by atoms with Crippen LogP contribution < -0.4 is 10.6 Å². The minimum Gasteiger partial charge on any atom is -0.478 e. The highest BCUT2D eigenvalue weighted by molar-refractivity contribution is 5.88. The van der Waals surface area contributed by atoms with Crippen molar-refractivity contribution >= 4 is 17.6 Å². The van der Waals surface area contributed by atoms with E-state index in [1.165, 1.54) is 37.1 Å². The molecule has 0 bridgehead atoms. The van der Waals surface area contributed by atoms with Crippen molar-refractivity contribution in [2.45, 2.75) is 44.4 Å². The molecule has 0 aliphatic carbocycles. The number of amides is 1. The number of aromatic carboxylic acids is 1. The van der Waals surface area contributed by atoms with E-state index in [9.17, 15) is 9.59 Å². The van der Waals surface area contributed by atoms with Gasteiger partial charge in [0.25, 0.3) is 0 Å². The second-order valence-electron chi connectivity index (χ2n) is 7.43. The fraction of sp³-hybridized carbons (Fsp3) is 0.391. The Kier molecular flexibility index (Phi) is 6.34. The minimum absolute atomic E-state index is 0.0636. The number of carboxylic acid groups (broad SMARTS) is 1. The van der Waals surface area contributed by atoms with E-state index in [0.717, 1.165) is 30.6 Å². The van der Waals surface area contributed by atoms with Crippen molar-refractivity contribution in [3.8, 4) is 0 Å². The SMILES string of the molecule is CCC(c1ccccc1N1CCCCC1)C(C(N)=O)c1ccc(C(=O)O)cc1. The van der Waals surface area contributed by atoms with Crippen LogP contribution in [-0.4, -0.2) is 30.1 Å². The van der Waals surface area contributed by atoms with Gasteiger partial charge in [0.2, 0.25) is 5.91 Å². The molecule has 148 valence electrons. The smallest absolute Gasteiger partial charge is 0.335 e. The van der Waals surface area contributed by atoms with E-state index in [2.05, 4.69) is 24.0 Å². The molecule has 0 aromatic heterocycles. The first-order valence-corrected chi connectivity index (χ1v) is 9.99. The summed E-state index contributed by atoms with van der Waals surface area (Å²) >= 11 is 0. The van der Waals surface area contributed by atoms with Crippen molar-refractivity contribution in [2.24, 2.45) is 5.73 Å². The summed E-state index contributed by atoms with van der Waals surface area (Å²) in [5.74, 6) is -1.93. The molecule has 1 saturated heterocycles. The summed E-state index contributed by atoms with van der Waals surface area (Å²) in [4.78, 5) is 26.0. The molecule has 1 heterocycles. The molecular weight excluding hydrogens is 352 g/mol. The van der Waals surface area contributed by atoms with Gasteiger partial charge in [0.1, 0.15) is 0 Å². The third kappa shape index (κ3) is 4.19. The fourth-order valence-electron chi connectivity index (χ4n) is 4.29. The molecule has 5 heteroatoms. The van der Waals surface area contributed by atoms with Crippen LogP contribution >= 0.6 is 0 Å². The second-order valence-corrected chi connectivity index (χ2v) is 7.43. The quantitative estimate of drug-likeness (QED) is 0.756. The highest BCUT2D eigenvalue weighted by Crippen LogP contribution is 2.40. The maximum absolute atomic E-state index is 12.5. The fourth-order valence-corrected chi connectivity index (χ4v) is 4.29. The van der Waals surface area contributed by atoms with Crippen molar-refractivity contribution in [3.05, 3.63) is 65.2 Å². The number of nitrogens with zero attached hydrogens (tertiary/aromatic N) is 1. The standard InChI is InChI=1S/C23H28N2O3/c1-2-18(19-8-4-5-9-20(19)25-14-6-3-7-15-25)21(22(24)26)16-10-12-17(13-11-16)23(27)28/h4-5,8-13,18,21H,2-3,6-7,14-15H2,1H3,(H2,24,26)(H,27,28). The van der Waals surface area contributed by atoms with Gasteiger partial charge in [-0.3, -0.25) is 4.79 Å². The molecule has 0 radical (unpaired) electrons. The lowest BCUT2D eigenvalue weighted by Crippen LogP contribution is -2.32. The van der Waals surface area contributed by atoms with Crippen molar-refractivity contribution in [1.82, 2.24) is 0 Å². The van der Waals surface area contributed by atoms with Crippen LogP contribution in [0.25, 0.3) is 0 Å². The largest absolute Gasteiger partial charge is 0.478 e. The lowest BCUT2D eigenvalue weighted by atomic mass is 9.78. The molecule has 5 nitrogen and oxygen atoms in total. The van der Waals surface area contributed by atoms with Gasteiger partial charge in [-0.1, -0.05) is 37.3 Å². The monoisotopic (exact) mass is 380 g/mol. The lowest BCUT2D eigenvalue weighted by Gasteiger charge is -2.34. The van der Waals surface area contributed by atoms with Crippen molar-refractivity contribution in [1.29, 1.82) is 0 Å². The zero-order valence-corrected chi connectivity index (χ0v) is 16.3. The number of carbonyl (C=O) groups excluding carboxylic acids is 1. The molecule has 0 saturated carbocycles. The number of anilines is 1. The topological polar surface area (TPSA) is 83.6 Å². The van der Waals surface area contributed by atoms with Gasteiger partial charge in [0.15, 0.2) is 0 Å². The number of rotatable bonds is 7. The van der Waals surface area contributed by atoms with E-state index in [1.54, 1.807) is 12.1 Å². The molecule has 1 amide bonds. The van der Waals surface area contributed by atoms with Crippen LogP contribution in [0, 0.1) is 0 Å². The van der Waals surface area contributed by atoms with Gasteiger partial charge >= 0.3 is 5.97 Å². The molecule has 1 aliphatic heterocycles. The Morgan fingerprint density at radius 2 is 1.68 bits per heavy atom. The van der Waals surface area contributed by atoms with Crippen LogP contribution in [0.1, 0.15) is 65.9 Å². The molecule has 0 spiro atoms. The molecular formula is C23H28N2O3. The molecule has 1 fully saturated rings. The van der Waals surface area contributed by atoms with Crippen LogP contribution in [0.5, 0.6) is 0 Å². The Balaban J connectivity index is 2.00. The van der Waals surface area contributed by atoms with Crippen LogP contribution in [0.3, 0.4) is 0 Å². The van der Waals surface area contributed by atoms with Crippen molar-refractivity contribution in [3.63, 3.8) is 0 Å². The summed E-state index contributed by atoms with van der Waals surface area (Å²) in [6, 6.07) is 14.8. The van der Waals surface area contributed by atoms with Gasteiger partial charge in [-0.15, -0.1) is 0 Å². The van der Waals surface area contributed by atoms with E-state index in [0.29, 0.717) is 0 Å². The Bertz CT molecular complexity index is 826. The average Bonchev–Trinajstić information content (AvgIpc) is 2.72. The highest BCUT2D eigenvalue weighted by Gasteiger charge is 2.31.